The molecule has 8 nitrogen and oxygen atoms in total. The number of hydrogen-bond acceptors (Lipinski definition) is 6. The van der Waals surface area contributed by atoms with Gasteiger partial charge in [0.05, 0.1) is 11.1 Å². The zero-order valence-electron chi connectivity index (χ0n) is 27.5. The Morgan fingerprint density at radius 1 is 0.898 bits per heavy atom. The lowest BCUT2D eigenvalue weighted by atomic mass is 9.47. The fourth-order valence-corrected chi connectivity index (χ4v) is 9.96. The molecule has 3 amide bonds. The van der Waals surface area contributed by atoms with Crippen molar-refractivity contribution in [3.8, 4) is 0 Å². The third-order valence-corrected chi connectivity index (χ3v) is 12.4. The number of carbonyl (C=O) groups excluding carboxylic acids is 4. The molecule has 14 heteroatoms. The number of benzene rings is 1. The molecule has 0 radical (unpaired) electrons. The molecule has 1 aromatic rings. The lowest BCUT2D eigenvalue weighted by molar-refractivity contribution is -0.179. The second-order valence-electron chi connectivity index (χ2n) is 15.0. The maximum atomic E-state index is 13.4. The van der Waals surface area contributed by atoms with Crippen LogP contribution in [0.15, 0.2) is 29.8 Å². The highest BCUT2D eigenvalue weighted by Crippen LogP contribution is 2.66. The van der Waals surface area contributed by atoms with Crippen molar-refractivity contribution in [1.29, 1.82) is 0 Å². The number of allylic oxidation sites excluding steroid dienone is 1. The van der Waals surface area contributed by atoms with E-state index >= 15 is 0 Å². The Morgan fingerprint density at radius 3 is 2.14 bits per heavy atom. The van der Waals surface area contributed by atoms with E-state index < -0.39 is 65.1 Å². The number of nitrogens with one attached hydrogen (secondary N) is 1. The van der Waals surface area contributed by atoms with Crippen LogP contribution in [0.25, 0.3) is 0 Å². The van der Waals surface area contributed by atoms with Crippen molar-refractivity contribution in [2.45, 2.75) is 109 Å². The number of rotatable bonds is 5. The minimum atomic E-state index is -5.05. The molecule has 0 aromatic heterocycles. The van der Waals surface area contributed by atoms with Gasteiger partial charge in [-0.05, 0) is 105 Å². The van der Waals surface area contributed by atoms with Gasteiger partial charge >= 0.3 is 18.5 Å². The second-order valence-corrected chi connectivity index (χ2v) is 15.0. The quantitative estimate of drug-likeness (QED) is 0.145. The molecule has 4 aliphatic carbocycles. The predicted octanol–water partition coefficient (Wildman–Crippen LogP) is 8.01. The molecular formula is C35H40F6N2O6. The SMILES string of the molecule is C[C@H](NC(=O)c1cc(C(F)(F)F)cc(C(F)(F)F)c1)[C@H]1CCC2[C@@H]3CC=C4C[C@@H](OC(=O)ON5C(=O)CCC5=O)CC[C@]4(C)C3CC[C@@]21C. The largest absolute Gasteiger partial charge is 0.534 e. The van der Waals surface area contributed by atoms with E-state index in [-0.39, 0.29) is 35.7 Å². The fourth-order valence-electron chi connectivity index (χ4n) is 9.96. The predicted molar refractivity (Wildman–Crippen MR) is 161 cm³/mol. The van der Waals surface area contributed by atoms with Gasteiger partial charge in [-0.2, -0.15) is 26.3 Å². The highest BCUT2D eigenvalue weighted by molar-refractivity contribution is 6.01. The van der Waals surface area contributed by atoms with E-state index in [2.05, 4.69) is 25.2 Å². The van der Waals surface area contributed by atoms with Gasteiger partial charge in [-0.3, -0.25) is 19.2 Å². The summed E-state index contributed by atoms with van der Waals surface area (Å²) in [6.45, 7) is 6.24. The van der Waals surface area contributed by atoms with Crippen LogP contribution >= 0.6 is 0 Å². The van der Waals surface area contributed by atoms with Crippen molar-refractivity contribution in [3.05, 3.63) is 46.5 Å². The summed E-state index contributed by atoms with van der Waals surface area (Å²) in [7, 11) is 0. The molecule has 4 fully saturated rings. The summed E-state index contributed by atoms with van der Waals surface area (Å²) in [5.41, 5.74) is -2.83. The molecule has 268 valence electrons. The fraction of sp³-hybridized carbons (Fsp3) is 0.657. The van der Waals surface area contributed by atoms with Crippen molar-refractivity contribution >= 4 is 23.9 Å². The number of nitrogens with zero attached hydrogens (tertiary/aromatic N) is 1. The summed E-state index contributed by atoms with van der Waals surface area (Å²) in [6.07, 6.45) is -3.25. The smallest absolute Gasteiger partial charge is 0.429 e. The molecule has 0 spiro atoms. The maximum Gasteiger partial charge on any atom is 0.534 e. The molecule has 1 saturated heterocycles. The molecule has 1 N–H and O–H groups in total. The van der Waals surface area contributed by atoms with Crippen LogP contribution in [-0.4, -0.2) is 41.1 Å². The monoisotopic (exact) mass is 698 g/mol. The first-order valence-electron chi connectivity index (χ1n) is 16.9. The summed E-state index contributed by atoms with van der Waals surface area (Å²) in [5.74, 6) is -1.10. The molecule has 3 saturated carbocycles. The van der Waals surface area contributed by atoms with Gasteiger partial charge in [0, 0.05) is 30.9 Å². The van der Waals surface area contributed by atoms with Gasteiger partial charge in [0.1, 0.15) is 6.10 Å². The topological polar surface area (TPSA) is 102 Å². The van der Waals surface area contributed by atoms with Crippen LogP contribution in [0, 0.1) is 34.5 Å². The Labute approximate surface area is 279 Å². The molecule has 49 heavy (non-hydrogen) atoms. The molecule has 8 atom stereocenters. The molecule has 1 heterocycles. The van der Waals surface area contributed by atoms with Gasteiger partial charge in [0.15, 0.2) is 0 Å². The van der Waals surface area contributed by atoms with E-state index in [1.54, 1.807) is 6.92 Å². The van der Waals surface area contributed by atoms with Crippen LogP contribution in [0.5, 0.6) is 0 Å². The number of hydroxylamine groups is 2. The Hall–Kier alpha value is -3.58. The van der Waals surface area contributed by atoms with Crippen LogP contribution in [0.2, 0.25) is 0 Å². The van der Waals surface area contributed by atoms with E-state index in [0.29, 0.717) is 47.8 Å². The van der Waals surface area contributed by atoms with Crippen LogP contribution in [0.4, 0.5) is 31.1 Å². The number of fused-ring (bicyclic) bond motifs is 5. The normalized spacial score (nSPS) is 33.6. The van der Waals surface area contributed by atoms with Gasteiger partial charge in [-0.1, -0.05) is 30.6 Å². The molecule has 5 aliphatic rings. The Morgan fingerprint density at radius 2 is 1.53 bits per heavy atom. The van der Waals surface area contributed by atoms with Crippen LogP contribution in [-0.2, 0) is 31.5 Å². The molecule has 1 aromatic carbocycles. The zero-order valence-corrected chi connectivity index (χ0v) is 27.5. The number of amides is 3. The van der Waals surface area contributed by atoms with Crippen molar-refractivity contribution in [3.63, 3.8) is 0 Å². The van der Waals surface area contributed by atoms with Crippen LogP contribution < -0.4 is 5.32 Å². The number of alkyl halides is 6. The van der Waals surface area contributed by atoms with E-state index in [0.717, 1.165) is 38.5 Å². The minimum absolute atomic E-state index is 0.0103. The summed E-state index contributed by atoms with van der Waals surface area (Å²) < 4.78 is 86.0. The van der Waals surface area contributed by atoms with E-state index in [9.17, 15) is 45.5 Å². The van der Waals surface area contributed by atoms with E-state index in [1.807, 2.05) is 0 Å². The molecule has 1 aliphatic heterocycles. The molecule has 0 bridgehead atoms. The number of carbonyl (C=O) groups is 4. The van der Waals surface area contributed by atoms with E-state index in [4.69, 9.17) is 9.57 Å². The molecule has 6 rings (SSSR count). The van der Waals surface area contributed by atoms with Crippen molar-refractivity contribution in [1.82, 2.24) is 10.4 Å². The molecule has 2 unspecified atom stereocenters. The van der Waals surface area contributed by atoms with Crippen LogP contribution in [0.1, 0.15) is 106 Å². The highest BCUT2D eigenvalue weighted by atomic mass is 19.4. The lowest BCUT2D eigenvalue weighted by Gasteiger charge is -2.58. The number of hydrogen-bond donors (Lipinski definition) is 1. The standard InChI is InChI=1S/C35H40F6N2O6/c1-18(42-30(46)19-14-21(34(36,37)38)16-22(15-19)35(39,40)41)25-6-7-26-24-5-4-20-17-23(48-31(47)49-43-28(44)8-9-29(43)45)10-12-32(20,2)27(24)11-13-33(25,26)3/h4,14-16,18,23-27H,5-13,17H2,1-3H3,(H,42,46)/t18-,23-,24-,25+,26?,27?,32-,33+/m0/s1. The van der Waals surface area contributed by atoms with Crippen molar-refractivity contribution in [2.75, 3.05) is 0 Å². The Balaban J connectivity index is 1.12. The van der Waals surface area contributed by atoms with Gasteiger partial charge in [-0.25, -0.2) is 4.79 Å². The van der Waals surface area contributed by atoms with Crippen molar-refractivity contribution in [2.24, 2.45) is 34.5 Å². The zero-order chi connectivity index (χ0) is 35.7. The minimum Gasteiger partial charge on any atom is -0.429 e. The maximum absolute atomic E-state index is 13.4. The average molecular weight is 699 g/mol. The van der Waals surface area contributed by atoms with Gasteiger partial charge in [0.2, 0.25) is 0 Å². The Bertz CT molecular complexity index is 1530. The third-order valence-electron chi connectivity index (χ3n) is 12.4. The number of halogens is 6. The average Bonchev–Trinajstić information content (AvgIpc) is 3.54. The number of imide groups is 1. The third kappa shape index (κ3) is 6.44. The van der Waals surface area contributed by atoms with Gasteiger partial charge < -0.3 is 10.1 Å². The summed E-state index contributed by atoms with van der Waals surface area (Å²) in [6, 6.07) is 0.465. The van der Waals surface area contributed by atoms with Gasteiger partial charge in [0.25, 0.3) is 17.7 Å². The first-order chi connectivity index (χ1) is 22.8. The Kier molecular flexibility index (Phi) is 8.87. The highest BCUT2D eigenvalue weighted by Gasteiger charge is 2.59. The second kappa shape index (κ2) is 12.3. The van der Waals surface area contributed by atoms with Crippen molar-refractivity contribution < 1.29 is 55.1 Å². The first kappa shape index (κ1) is 35.3. The first-order valence-corrected chi connectivity index (χ1v) is 16.9. The number of ether oxygens (including phenoxy) is 1. The van der Waals surface area contributed by atoms with Gasteiger partial charge in [-0.15, -0.1) is 0 Å². The molecular weight excluding hydrogens is 658 g/mol. The van der Waals surface area contributed by atoms with E-state index in [1.165, 1.54) is 5.57 Å². The summed E-state index contributed by atoms with van der Waals surface area (Å²) in [5, 5.41) is 3.22. The lowest BCUT2D eigenvalue weighted by Crippen LogP contribution is -2.52. The summed E-state index contributed by atoms with van der Waals surface area (Å²) >= 11 is 0. The van der Waals surface area contributed by atoms with Crippen LogP contribution in [0.3, 0.4) is 0 Å². The summed E-state index contributed by atoms with van der Waals surface area (Å²) in [4.78, 5) is 54.0.